The molecule has 2 N–H and O–H groups in total. The van der Waals surface area contributed by atoms with Gasteiger partial charge < -0.3 is 10.6 Å². The van der Waals surface area contributed by atoms with E-state index in [4.69, 9.17) is 0 Å². The summed E-state index contributed by atoms with van der Waals surface area (Å²) in [6.07, 6.45) is -1.92. The lowest BCUT2D eigenvalue weighted by Gasteiger charge is -2.27. The normalized spacial score (nSPS) is 21.8. The van der Waals surface area contributed by atoms with Crippen LogP contribution >= 0.6 is 0 Å². The summed E-state index contributed by atoms with van der Waals surface area (Å²) < 4.78 is 37.7. The summed E-state index contributed by atoms with van der Waals surface area (Å²) in [5.74, 6) is -0.537. The van der Waals surface area contributed by atoms with Crippen LogP contribution in [-0.4, -0.2) is 29.0 Å². The van der Waals surface area contributed by atoms with Crippen LogP contribution in [0.1, 0.15) is 36.2 Å². The van der Waals surface area contributed by atoms with Crippen molar-refractivity contribution < 1.29 is 18.0 Å². The molecule has 1 aliphatic heterocycles. The second kappa shape index (κ2) is 5.05. The Morgan fingerprint density at radius 1 is 1.45 bits per heavy atom. The number of rotatable bonds is 2. The fourth-order valence-corrected chi connectivity index (χ4v) is 2.24. The van der Waals surface area contributed by atoms with Crippen LogP contribution in [-0.2, 0) is 6.18 Å². The number of nitrogens with one attached hydrogen (secondary N) is 2. The second-order valence-corrected chi connectivity index (χ2v) is 5.42. The van der Waals surface area contributed by atoms with Crippen molar-refractivity contribution in [1.82, 2.24) is 15.6 Å². The molecule has 0 aromatic carbocycles. The predicted octanol–water partition coefficient (Wildman–Crippen LogP) is 1.97. The van der Waals surface area contributed by atoms with Crippen molar-refractivity contribution in [2.24, 2.45) is 0 Å². The van der Waals surface area contributed by atoms with Gasteiger partial charge in [0.05, 0.1) is 11.1 Å². The molecule has 1 fully saturated rings. The minimum Gasteiger partial charge on any atom is -0.347 e. The lowest BCUT2D eigenvalue weighted by atomic mass is 9.96. The van der Waals surface area contributed by atoms with Crippen molar-refractivity contribution in [1.29, 1.82) is 0 Å². The molecule has 1 aliphatic rings. The Labute approximate surface area is 114 Å². The first-order chi connectivity index (χ1) is 9.20. The Hall–Kier alpha value is -1.63. The molecule has 110 valence electrons. The minimum atomic E-state index is -4.50. The van der Waals surface area contributed by atoms with Crippen LogP contribution in [0.25, 0.3) is 0 Å². The molecule has 0 aliphatic carbocycles. The van der Waals surface area contributed by atoms with Gasteiger partial charge in [0.1, 0.15) is 0 Å². The average Bonchev–Trinajstić information content (AvgIpc) is 2.68. The maximum Gasteiger partial charge on any atom is 0.417 e. The summed E-state index contributed by atoms with van der Waals surface area (Å²) in [6, 6.07) is 0.696. The van der Waals surface area contributed by atoms with Crippen molar-refractivity contribution in [2.45, 2.75) is 38.0 Å². The quantitative estimate of drug-likeness (QED) is 0.874. The fourth-order valence-electron chi connectivity index (χ4n) is 2.24. The third-order valence-electron chi connectivity index (χ3n) is 3.52. The van der Waals surface area contributed by atoms with Gasteiger partial charge in [-0.2, -0.15) is 13.2 Å². The van der Waals surface area contributed by atoms with Gasteiger partial charge in [0, 0.05) is 24.0 Å². The molecule has 1 aromatic heterocycles. The third kappa shape index (κ3) is 3.09. The number of nitrogens with zero attached hydrogens (tertiary/aromatic N) is 1. The summed E-state index contributed by atoms with van der Waals surface area (Å²) in [6.45, 7) is 4.64. The van der Waals surface area contributed by atoms with Crippen molar-refractivity contribution in [3.05, 3.63) is 29.6 Å². The summed E-state index contributed by atoms with van der Waals surface area (Å²) in [5.41, 5.74) is -1.28. The standard InChI is InChI=1S/C13H16F3N3O/c1-12(2)10(3-4-18-12)19-11(20)8-5-9(7-17-6-8)13(14,15)16/h5-7,10,18H,3-4H2,1-2H3,(H,19,20). The highest BCUT2D eigenvalue weighted by atomic mass is 19.4. The molecule has 20 heavy (non-hydrogen) atoms. The Morgan fingerprint density at radius 2 is 2.15 bits per heavy atom. The van der Waals surface area contributed by atoms with Gasteiger partial charge in [0.2, 0.25) is 0 Å². The monoisotopic (exact) mass is 287 g/mol. The van der Waals surface area contributed by atoms with E-state index >= 15 is 0 Å². The van der Waals surface area contributed by atoms with E-state index in [9.17, 15) is 18.0 Å². The number of alkyl halides is 3. The van der Waals surface area contributed by atoms with Crippen LogP contribution in [0.2, 0.25) is 0 Å². The van der Waals surface area contributed by atoms with Gasteiger partial charge in [-0.25, -0.2) is 0 Å². The molecule has 0 bridgehead atoms. The van der Waals surface area contributed by atoms with Crippen molar-refractivity contribution in [3.63, 3.8) is 0 Å². The molecule has 0 spiro atoms. The van der Waals surface area contributed by atoms with Gasteiger partial charge in [-0.3, -0.25) is 9.78 Å². The number of amides is 1. The highest BCUT2D eigenvalue weighted by Crippen LogP contribution is 2.29. The third-order valence-corrected chi connectivity index (χ3v) is 3.52. The molecule has 1 aromatic rings. The zero-order valence-corrected chi connectivity index (χ0v) is 11.2. The molecule has 1 unspecified atom stereocenters. The number of carbonyl (C=O) groups is 1. The number of hydrogen-bond acceptors (Lipinski definition) is 3. The smallest absolute Gasteiger partial charge is 0.347 e. The number of carbonyl (C=O) groups excluding carboxylic acids is 1. The summed E-state index contributed by atoms with van der Waals surface area (Å²) in [5, 5.41) is 5.98. The van der Waals surface area contributed by atoms with Gasteiger partial charge in [-0.1, -0.05) is 0 Å². The molecule has 2 rings (SSSR count). The van der Waals surface area contributed by atoms with Crippen molar-refractivity contribution in [2.75, 3.05) is 6.54 Å². The van der Waals surface area contributed by atoms with Crippen LogP contribution in [0.3, 0.4) is 0 Å². The van der Waals surface area contributed by atoms with Crippen LogP contribution < -0.4 is 10.6 Å². The second-order valence-electron chi connectivity index (χ2n) is 5.42. The molecule has 0 radical (unpaired) electrons. The SMILES string of the molecule is CC1(C)NCCC1NC(=O)c1cncc(C(F)(F)F)c1. The highest BCUT2D eigenvalue weighted by Gasteiger charge is 2.36. The molecule has 7 heteroatoms. The molecular weight excluding hydrogens is 271 g/mol. The number of hydrogen-bond donors (Lipinski definition) is 2. The number of halogens is 3. The van der Waals surface area contributed by atoms with Crippen LogP contribution in [0.4, 0.5) is 13.2 Å². The number of aromatic nitrogens is 1. The van der Waals surface area contributed by atoms with Gasteiger partial charge in [-0.05, 0) is 32.9 Å². The highest BCUT2D eigenvalue weighted by molar-refractivity contribution is 5.94. The van der Waals surface area contributed by atoms with Gasteiger partial charge in [-0.15, -0.1) is 0 Å². The summed E-state index contributed by atoms with van der Waals surface area (Å²) in [7, 11) is 0. The van der Waals surface area contributed by atoms with Crippen molar-refractivity contribution in [3.8, 4) is 0 Å². The fraction of sp³-hybridized carbons (Fsp3) is 0.538. The van der Waals surface area contributed by atoms with E-state index in [0.29, 0.717) is 6.20 Å². The van der Waals surface area contributed by atoms with Crippen LogP contribution in [0.5, 0.6) is 0 Å². The molecule has 0 saturated carbocycles. The van der Waals surface area contributed by atoms with E-state index in [0.717, 1.165) is 25.2 Å². The first-order valence-electron chi connectivity index (χ1n) is 6.28. The van der Waals surface area contributed by atoms with Gasteiger partial charge in [0.15, 0.2) is 0 Å². The topological polar surface area (TPSA) is 54.0 Å². The zero-order chi connectivity index (χ0) is 15.0. The Bertz CT molecular complexity index is 514. The van der Waals surface area contributed by atoms with Gasteiger partial charge in [0.25, 0.3) is 5.91 Å². The van der Waals surface area contributed by atoms with Gasteiger partial charge >= 0.3 is 6.18 Å². The van der Waals surface area contributed by atoms with E-state index in [1.54, 1.807) is 0 Å². The number of pyridine rings is 1. The minimum absolute atomic E-state index is 0.0810. The zero-order valence-electron chi connectivity index (χ0n) is 11.2. The summed E-state index contributed by atoms with van der Waals surface area (Å²) in [4.78, 5) is 15.5. The van der Waals surface area contributed by atoms with Crippen molar-refractivity contribution >= 4 is 5.91 Å². The van der Waals surface area contributed by atoms with Crippen LogP contribution in [0, 0.1) is 0 Å². The molecular formula is C13H16F3N3O. The van der Waals surface area contributed by atoms with E-state index in [1.165, 1.54) is 0 Å². The molecule has 4 nitrogen and oxygen atoms in total. The summed E-state index contributed by atoms with van der Waals surface area (Å²) >= 11 is 0. The lowest BCUT2D eigenvalue weighted by Crippen LogP contribution is -2.50. The molecule has 2 heterocycles. The Morgan fingerprint density at radius 3 is 2.70 bits per heavy atom. The molecule has 1 amide bonds. The lowest BCUT2D eigenvalue weighted by molar-refractivity contribution is -0.137. The Balaban J connectivity index is 2.14. The van der Waals surface area contributed by atoms with E-state index in [-0.39, 0.29) is 17.1 Å². The first-order valence-corrected chi connectivity index (χ1v) is 6.28. The largest absolute Gasteiger partial charge is 0.417 e. The maximum absolute atomic E-state index is 12.6. The van der Waals surface area contributed by atoms with Crippen LogP contribution in [0.15, 0.2) is 18.5 Å². The molecule has 1 saturated heterocycles. The van der Waals surface area contributed by atoms with E-state index in [1.807, 2.05) is 13.8 Å². The first kappa shape index (κ1) is 14.8. The van der Waals surface area contributed by atoms with E-state index < -0.39 is 17.6 Å². The predicted molar refractivity (Wildman–Crippen MR) is 67.2 cm³/mol. The Kier molecular flexibility index (Phi) is 3.73. The average molecular weight is 287 g/mol. The maximum atomic E-state index is 12.6. The van der Waals surface area contributed by atoms with E-state index in [2.05, 4.69) is 15.6 Å². The molecule has 1 atom stereocenters.